The number of likely N-dealkylation sites (tertiary alicyclic amines) is 1. The second kappa shape index (κ2) is 9.25. The molecule has 1 N–H and O–H groups in total. The molecule has 1 aromatic carbocycles. The van der Waals surface area contributed by atoms with Gasteiger partial charge in [-0.15, -0.1) is 5.10 Å². The average Bonchev–Trinajstić information content (AvgIpc) is 3.22. The fourth-order valence-electron chi connectivity index (χ4n) is 3.42. The van der Waals surface area contributed by atoms with Crippen molar-refractivity contribution in [2.24, 2.45) is 0 Å². The number of tetrazole rings is 1. The van der Waals surface area contributed by atoms with Crippen molar-refractivity contribution in [3.05, 3.63) is 42.2 Å². The first kappa shape index (κ1) is 19.0. The Morgan fingerprint density at radius 2 is 1.96 bits per heavy atom. The highest BCUT2D eigenvalue weighted by Crippen LogP contribution is 2.19. The largest absolute Gasteiger partial charge is 0.353 e. The van der Waals surface area contributed by atoms with Gasteiger partial charge in [-0.1, -0.05) is 37.3 Å². The first-order valence-corrected chi connectivity index (χ1v) is 9.52. The Bertz CT molecular complexity index is 726. The molecule has 8 nitrogen and oxygen atoms in total. The Morgan fingerprint density at radius 1 is 1.22 bits per heavy atom. The van der Waals surface area contributed by atoms with Crippen LogP contribution in [0, 0.1) is 0 Å². The molecule has 144 valence electrons. The number of amides is 2. The molecule has 2 heterocycles. The van der Waals surface area contributed by atoms with E-state index in [4.69, 9.17) is 0 Å². The maximum atomic E-state index is 13.2. The van der Waals surface area contributed by atoms with Gasteiger partial charge in [0.2, 0.25) is 11.8 Å². The second-order valence-electron chi connectivity index (χ2n) is 6.91. The molecule has 0 spiro atoms. The number of carbonyl (C=O) groups excluding carboxylic acids is 2. The molecule has 8 heteroatoms. The number of hydrogen-bond donors (Lipinski definition) is 1. The third-order valence-corrected chi connectivity index (χ3v) is 4.89. The smallest absolute Gasteiger partial charge is 0.247 e. The fraction of sp³-hybridized carbons (Fsp3) is 0.526. The van der Waals surface area contributed by atoms with E-state index < -0.39 is 6.04 Å². The van der Waals surface area contributed by atoms with Crippen LogP contribution in [0.1, 0.15) is 44.2 Å². The molecule has 1 atom stereocenters. The lowest BCUT2D eigenvalue weighted by atomic mass is 10.0. The van der Waals surface area contributed by atoms with Crippen molar-refractivity contribution in [1.82, 2.24) is 30.4 Å². The molecule has 2 amide bonds. The molecule has 3 rings (SSSR count). The number of piperidine rings is 1. The minimum absolute atomic E-state index is 0.0180. The van der Waals surface area contributed by atoms with Crippen molar-refractivity contribution in [3.8, 4) is 0 Å². The van der Waals surface area contributed by atoms with Gasteiger partial charge in [-0.25, -0.2) is 4.68 Å². The molecule has 27 heavy (non-hydrogen) atoms. The first-order valence-electron chi connectivity index (χ1n) is 9.52. The number of nitrogens with one attached hydrogen (secondary N) is 1. The topological polar surface area (TPSA) is 93.0 Å². The summed E-state index contributed by atoms with van der Waals surface area (Å²) < 4.78 is 1.53. The summed E-state index contributed by atoms with van der Waals surface area (Å²) in [4.78, 5) is 26.8. The predicted octanol–water partition coefficient (Wildman–Crippen LogP) is 1.36. The summed E-state index contributed by atoms with van der Waals surface area (Å²) in [6.07, 6.45) is 4.97. The Labute approximate surface area is 158 Å². The molecule has 0 saturated carbocycles. The lowest BCUT2D eigenvalue weighted by molar-refractivity contribution is -0.136. The predicted molar refractivity (Wildman–Crippen MR) is 99.7 cm³/mol. The average molecular weight is 370 g/mol. The van der Waals surface area contributed by atoms with Crippen LogP contribution in [-0.4, -0.2) is 56.1 Å². The molecule has 0 radical (unpaired) electrons. The van der Waals surface area contributed by atoms with Crippen LogP contribution in [0.5, 0.6) is 0 Å². The minimum Gasteiger partial charge on any atom is -0.353 e. The summed E-state index contributed by atoms with van der Waals surface area (Å²) in [5, 5.41) is 14.4. The van der Waals surface area contributed by atoms with Crippen molar-refractivity contribution in [2.75, 3.05) is 13.1 Å². The summed E-state index contributed by atoms with van der Waals surface area (Å²) in [6.45, 7) is 3.25. The zero-order valence-corrected chi connectivity index (χ0v) is 15.6. The zero-order valence-electron chi connectivity index (χ0n) is 15.6. The summed E-state index contributed by atoms with van der Waals surface area (Å²) in [5.74, 6) is 0.113. The molecule has 1 aromatic heterocycles. The van der Waals surface area contributed by atoms with Gasteiger partial charge in [0, 0.05) is 32.0 Å². The fourth-order valence-corrected chi connectivity index (χ4v) is 3.42. The highest BCUT2D eigenvalue weighted by atomic mass is 16.2. The van der Waals surface area contributed by atoms with E-state index in [1.165, 1.54) is 11.0 Å². The van der Waals surface area contributed by atoms with E-state index in [1.54, 1.807) is 0 Å². The first-order chi connectivity index (χ1) is 13.2. The number of hydrogen-bond acceptors (Lipinski definition) is 5. The van der Waals surface area contributed by atoms with Gasteiger partial charge in [-0.3, -0.25) is 9.59 Å². The van der Waals surface area contributed by atoms with E-state index in [-0.39, 0.29) is 17.9 Å². The van der Waals surface area contributed by atoms with Crippen molar-refractivity contribution in [3.63, 3.8) is 0 Å². The van der Waals surface area contributed by atoms with Crippen LogP contribution in [-0.2, 0) is 16.0 Å². The number of carbonyl (C=O) groups is 2. The summed E-state index contributed by atoms with van der Waals surface area (Å²) in [6, 6.07) is 9.55. The van der Waals surface area contributed by atoms with Gasteiger partial charge in [-0.2, -0.15) is 0 Å². The van der Waals surface area contributed by atoms with Crippen LogP contribution in [0.25, 0.3) is 0 Å². The number of rotatable bonds is 7. The molecule has 1 saturated heterocycles. The summed E-state index contributed by atoms with van der Waals surface area (Å²) >= 11 is 0. The Balaban J connectivity index is 1.62. The van der Waals surface area contributed by atoms with E-state index in [0.717, 1.165) is 24.8 Å². The van der Waals surface area contributed by atoms with Gasteiger partial charge in [0.1, 0.15) is 12.4 Å². The molecule has 0 bridgehead atoms. The van der Waals surface area contributed by atoms with E-state index in [0.29, 0.717) is 25.9 Å². The van der Waals surface area contributed by atoms with Crippen molar-refractivity contribution < 1.29 is 9.59 Å². The van der Waals surface area contributed by atoms with Crippen LogP contribution in [0.3, 0.4) is 0 Å². The monoisotopic (exact) mass is 370 g/mol. The lowest BCUT2D eigenvalue weighted by Crippen LogP contribution is -2.48. The van der Waals surface area contributed by atoms with Crippen LogP contribution in [0.15, 0.2) is 36.7 Å². The maximum Gasteiger partial charge on any atom is 0.247 e. The third kappa shape index (κ3) is 5.12. The summed E-state index contributed by atoms with van der Waals surface area (Å²) in [5.41, 5.74) is 1.06. The number of benzene rings is 1. The quantitative estimate of drug-likeness (QED) is 0.794. The van der Waals surface area contributed by atoms with E-state index in [9.17, 15) is 9.59 Å². The van der Waals surface area contributed by atoms with Crippen molar-refractivity contribution in [2.45, 2.75) is 51.1 Å². The number of nitrogens with zero attached hydrogens (tertiary/aromatic N) is 5. The van der Waals surface area contributed by atoms with E-state index >= 15 is 0 Å². The zero-order chi connectivity index (χ0) is 19.1. The third-order valence-electron chi connectivity index (χ3n) is 4.89. The highest BCUT2D eigenvalue weighted by Gasteiger charge is 2.30. The molecule has 0 unspecified atom stereocenters. The normalized spacial score (nSPS) is 16.1. The lowest BCUT2D eigenvalue weighted by Gasteiger charge is -2.34. The molecule has 0 aliphatic carbocycles. The van der Waals surface area contributed by atoms with Gasteiger partial charge in [0.05, 0.1) is 0 Å². The van der Waals surface area contributed by atoms with Crippen LogP contribution < -0.4 is 5.32 Å². The van der Waals surface area contributed by atoms with Crippen molar-refractivity contribution in [1.29, 1.82) is 0 Å². The Hall–Kier alpha value is -2.77. The van der Waals surface area contributed by atoms with Gasteiger partial charge in [-0.05, 0) is 35.3 Å². The Kier molecular flexibility index (Phi) is 6.51. The van der Waals surface area contributed by atoms with Crippen LogP contribution in [0.4, 0.5) is 0 Å². The summed E-state index contributed by atoms with van der Waals surface area (Å²) in [7, 11) is 0. The van der Waals surface area contributed by atoms with Gasteiger partial charge < -0.3 is 10.2 Å². The van der Waals surface area contributed by atoms with Crippen LogP contribution >= 0.6 is 0 Å². The van der Waals surface area contributed by atoms with E-state index in [2.05, 4.69) is 20.8 Å². The molecular weight excluding hydrogens is 344 g/mol. The maximum absolute atomic E-state index is 13.2. The van der Waals surface area contributed by atoms with Gasteiger partial charge in [0.15, 0.2) is 0 Å². The highest BCUT2D eigenvalue weighted by molar-refractivity contribution is 5.81. The van der Waals surface area contributed by atoms with Crippen molar-refractivity contribution >= 4 is 11.8 Å². The van der Waals surface area contributed by atoms with Gasteiger partial charge >= 0.3 is 0 Å². The molecule has 1 aliphatic rings. The van der Waals surface area contributed by atoms with E-state index in [1.807, 2.05) is 42.2 Å². The molecular formula is C19H26N6O2. The SMILES string of the molecule is CCCC(=O)NC1CCN(C(=O)[C@H](Cc2ccccc2)n2cnnn2)CC1. The second-order valence-corrected chi connectivity index (χ2v) is 6.91. The molecule has 2 aromatic rings. The molecule has 1 aliphatic heterocycles. The number of aromatic nitrogens is 4. The standard InChI is InChI=1S/C19H26N6O2/c1-2-6-18(26)21-16-9-11-24(12-10-16)19(27)17(25-14-20-22-23-25)13-15-7-4-3-5-8-15/h3-5,7-8,14,16-17H,2,6,9-13H2,1H3,(H,21,26)/t17-/m0/s1. The van der Waals surface area contributed by atoms with Gasteiger partial charge in [0.25, 0.3) is 0 Å². The van der Waals surface area contributed by atoms with Crippen LogP contribution in [0.2, 0.25) is 0 Å². The Morgan fingerprint density at radius 3 is 2.59 bits per heavy atom. The molecule has 1 fully saturated rings. The minimum atomic E-state index is -0.464.